The second-order valence-corrected chi connectivity index (χ2v) is 6.58. The SMILES string of the molecule is COc1ccc(CCNC(=O)c2cccnc2OC2CCCC2)cc1OC. The third-order valence-corrected chi connectivity index (χ3v) is 4.74. The maximum absolute atomic E-state index is 12.6. The summed E-state index contributed by atoms with van der Waals surface area (Å²) in [6.07, 6.45) is 6.90. The maximum atomic E-state index is 12.6. The van der Waals surface area contributed by atoms with Crippen molar-refractivity contribution < 1.29 is 19.0 Å². The van der Waals surface area contributed by atoms with E-state index in [1.54, 1.807) is 32.5 Å². The van der Waals surface area contributed by atoms with Crippen LogP contribution in [-0.2, 0) is 6.42 Å². The van der Waals surface area contributed by atoms with Gasteiger partial charge >= 0.3 is 0 Å². The molecular formula is C21H26N2O4. The van der Waals surface area contributed by atoms with Crippen molar-refractivity contribution in [3.8, 4) is 17.4 Å². The van der Waals surface area contributed by atoms with Gasteiger partial charge in [-0.1, -0.05) is 6.07 Å². The topological polar surface area (TPSA) is 69.7 Å². The number of nitrogens with one attached hydrogen (secondary N) is 1. The Morgan fingerprint density at radius 3 is 2.67 bits per heavy atom. The van der Waals surface area contributed by atoms with E-state index in [4.69, 9.17) is 14.2 Å². The first kappa shape index (κ1) is 19.0. The van der Waals surface area contributed by atoms with E-state index in [0.717, 1.165) is 18.4 Å². The molecule has 1 saturated carbocycles. The number of nitrogens with zero attached hydrogens (tertiary/aromatic N) is 1. The Labute approximate surface area is 159 Å². The molecule has 27 heavy (non-hydrogen) atoms. The van der Waals surface area contributed by atoms with E-state index < -0.39 is 0 Å². The minimum absolute atomic E-state index is 0.165. The molecule has 1 aliphatic carbocycles. The van der Waals surface area contributed by atoms with Crippen molar-refractivity contribution in [3.05, 3.63) is 47.7 Å². The van der Waals surface area contributed by atoms with Crippen LogP contribution >= 0.6 is 0 Å². The van der Waals surface area contributed by atoms with Gasteiger partial charge < -0.3 is 19.5 Å². The van der Waals surface area contributed by atoms with Crippen LogP contribution in [0.15, 0.2) is 36.5 Å². The van der Waals surface area contributed by atoms with Gasteiger partial charge in [-0.15, -0.1) is 0 Å². The molecule has 0 saturated heterocycles. The highest BCUT2D eigenvalue weighted by molar-refractivity contribution is 5.96. The van der Waals surface area contributed by atoms with Crippen LogP contribution in [-0.4, -0.2) is 37.8 Å². The highest BCUT2D eigenvalue weighted by atomic mass is 16.5. The summed E-state index contributed by atoms with van der Waals surface area (Å²) < 4.78 is 16.5. The van der Waals surface area contributed by atoms with Gasteiger partial charge in [0.2, 0.25) is 5.88 Å². The van der Waals surface area contributed by atoms with Crippen LogP contribution in [0, 0.1) is 0 Å². The molecule has 0 radical (unpaired) electrons. The van der Waals surface area contributed by atoms with Gasteiger partial charge in [0.1, 0.15) is 11.7 Å². The van der Waals surface area contributed by atoms with Crippen molar-refractivity contribution >= 4 is 5.91 Å². The van der Waals surface area contributed by atoms with Crippen molar-refractivity contribution in [2.45, 2.75) is 38.2 Å². The van der Waals surface area contributed by atoms with Gasteiger partial charge in [-0.2, -0.15) is 0 Å². The molecule has 0 spiro atoms. The highest BCUT2D eigenvalue weighted by Crippen LogP contribution is 2.28. The predicted molar refractivity (Wildman–Crippen MR) is 103 cm³/mol. The molecular weight excluding hydrogens is 344 g/mol. The van der Waals surface area contributed by atoms with Crippen LogP contribution < -0.4 is 19.5 Å². The summed E-state index contributed by atoms with van der Waals surface area (Å²) in [5, 5.41) is 2.95. The second-order valence-electron chi connectivity index (χ2n) is 6.58. The molecule has 1 N–H and O–H groups in total. The molecule has 1 aromatic heterocycles. The fourth-order valence-corrected chi connectivity index (χ4v) is 3.27. The molecule has 144 valence electrons. The fraction of sp³-hybridized carbons (Fsp3) is 0.429. The predicted octanol–water partition coefficient (Wildman–Crippen LogP) is 3.39. The molecule has 1 heterocycles. The summed E-state index contributed by atoms with van der Waals surface area (Å²) in [4.78, 5) is 16.8. The number of carbonyl (C=O) groups excluding carboxylic acids is 1. The van der Waals surface area contributed by atoms with Gasteiger partial charge in [-0.05, 0) is 61.9 Å². The maximum Gasteiger partial charge on any atom is 0.256 e. The van der Waals surface area contributed by atoms with E-state index in [9.17, 15) is 4.79 Å². The van der Waals surface area contributed by atoms with Crippen molar-refractivity contribution in [1.82, 2.24) is 10.3 Å². The van der Waals surface area contributed by atoms with Crippen LogP contribution in [0.3, 0.4) is 0 Å². The number of pyridine rings is 1. The molecule has 3 rings (SSSR count). The second kappa shape index (κ2) is 9.26. The Balaban J connectivity index is 1.58. The van der Waals surface area contributed by atoms with E-state index in [0.29, 0.717) is 35.9 Å². The molecule has 0 aliphatic heterocycles. The van der Waals surface area contributed by atoms with Crippen LogP contribution in [0.1, 0.15) is 41.6 Å². The van der Waals surface area contributed by atoms with Gasteiger partial charge in [0.15, 0.2) is 11.5 Å². The van der Waals surface area contributed by atoms with E-state index in [-0.39, 0.29) is 12.0 Å². The lowest BCUT2D eigenvalue weighted by molar-refractivity contribution is 0.0945. The number of hydrogen-bond donors (Lipinski definition) is 1. The lowest BCUT2D eigenvalue weighted by Crippen LogP contribution is -2.27. The highest BCUT2D eigenvalue weighted by Gasteiger charge is 2.20. The zero-order valence-corrected chi connectivity index (χ0v) is 15.9. The number of benzene rings is 1. The standard InChI is InChI=1S/C21H26N2O4/c1-25-18-10-9-15(14-19(18)26-2)11-13-22-20(24)17-8-5-12-23-21(17)27-16-6-3-4-7-16/h5,8-10,12,14,16H,3-4,6-7,11,13H2,1-2H3,(H,22,24). The molecule has 0 unspecified atom stereocenters. The molecule has 1 aromatic carbocycles. The summed E-state index contributed by atoms with van der Waals surface area (Å²) in [5.41, 5.74) is 1.54. The quantitative estimate of drug-likeness (QED) is 0.771. The lowest BCUT2D eigenvalue weighted by Gasteiger charge is -2.15. The van der Waals surface area contributed by atoms with Crippen molar-refractivity contribution in [2.24, 2.45) is 0 Å². The molecule has 6 nitrogen and oxygen atoms in total. The zero-order chi connectivity index (χ0) is 19.1. The number of rotatable bonds is 8. The molecule has 0 bridgehead atoms. The molecule has 0 atom stereocenters. The van der Waals surface area contributed by atoms with E-state index in [2.05, 4.69) is 10.3 Å². The smallest absolute Gasteiger partial charge is 0.256 e. The van der Waals surface area contributed by atoms with Crippen molar-refractivity contribution in [3.63, 3.8) is 0 Å². The van der Waals surface area contributed by atoms with E-state index >= 15 is 0 Å². The largest absolute Gasteiger partial charge is 0.493 e. The van der Waals surface area contributed by atoms with Gasteiger partial charge in [0.05, 0.1) is 14.2 Å². The monoisotopic (exact) mass is 370 g/mol. The Bertz CT molecular complexity index is 773. The number of methoxy groups -OCH3 is 2. The fourth-order valence-electron chi connectivity index (χ4n) is 3.27. The molecule has 1 aliphatic rings. The van der Waals surface area contributed by atoms with Gasteiger partial charge in [0, 0.05) is 12.7 Å². The number of aromatic nitrogens is 1. The summed E-state index contributed by atoms with van der Waals surface area (Å²) in [6.45, 7) is 0.506. The van der Waals surface area contributed by atoms with E-state index in [1.807, 2.05) is 18.2 Å². The Kier molecular flexibility index (Phi) is 6.52. The average Bonchev–Trinajstić information content (AvgIpc) is 3.21. The number of hydrogen-bond acceptors (Lipinski definition) is 5. The zero-order valence-electron chi connectivity index (χ0n) is 15.9. The number of carbonyl (C=O) groups is 1. The Morgan fingerprint density at radius 1 is 1.15 bits per heavy atom. The molecule has 1 fully saturated rings. The summed E-state index contributed by atoms with van der Waals surface area (Å²) in [5.74, 6) is 1.62. The van der Waals surface area contributed by atoms with E-state index in [1.165, 1.54) is 12.8 Å². The molecule has 2 aromatic rings. The summed E-state index contributed by atoms with van der Waals surface area (Å²) in [7, 11) is 3.22. The van der Waals surface area contributed by atoms with Crippen LogP contribution in [0.2, 0.25) is 0 Å². The lowest BCUT2D eigenvalue weighted by atomic mass is 10.1. The van der Waals surface area contributed by atoms with Crippen molar-refractivity contribution in [2.75, 3.05) is 20.8 Å². The first-order valence-electron chi connectivity index (χ1n) is 9.32. The van der Waals surface area contributed by atoms with Crippen LogP contribution in [0.25, 0.3) is 0 Å². The summed E-state index contributed by atoms with van der Waals surface area (Å²) in [6, 6.07) is 9.26. The third kappa shape index (κ3) is 4.90. The molecule has 6 heteroatoms. The first-order valence-corrected chi connectivity index (χ1v) is 9.32. The van der Waals surface area contributed by atoms with Gasteiger partial charge in [-0.25, -0.2) is 4.98 Å². The number of ether oxygens (including phenoxy) is 3. The third-order valence-electron chi connectivity index (χ3n) is 4.74. The average molecular weight is 370 g/mol. The Hall–Kier alpha value is -2.76. The van der Waals surface area contributed by atoms with Crippen LogP contribution in [0.4, 0.5) is 0 Å². The molecule has 1 amide bonds. The van der Waals surface area contributed by atoms with Crippen molar-refractivity contribution in [1.29, 1.82) is 0 Å². The van der Waals surface area contributed by atoms with Gasteiger partial charge in [0.25, 0.3) is 5.91 Å². The normalized spacial score (nSPS) is 14.0. The first-order chi connectivity index (χ1) is 13.2. The van der Waals surface area contributed by atoms with Gasteiger partial charge in [-0.3, -0.25) is 4.79 Å². The van der Waals surface area contributed by atoms with Crippen LogP contribution in [0.5, 0.6) is 17.4 Å². The Morgan fingerprint density at radius 2 is 1.93 bits per heavy atom. The number of amides is 1. The summed E-state index contributed by atoms with van der Waals surface area (Å²) >= 11 is 0. The minimum Gasteiger partial charge on any atom is -0.493 e. The minimum atomic E-state index is -0.170.